The summed E-state index contributed by atoms with van der Waals surface area (Å²) in [6, 6.07) is 7.69. The SMILES string of the molecule is Cc1ccccc1-c1noc(C(N)C(C)(C)C)n1. The third kappa shape index (κ3) is 2.43. The Balaban J connectivity index is 2.35. The summed E-state index contributed by atoms with van der Waals surface area (Å²) in [5, 5.41) is 4.02. The Bertz CT molecular complexity index is 540. The molecule has 2 aromatic rings. The van der Waals surface area contributed by atoms with Crippen LogP contribution in [-0.4, -0.2) is 10.1 Å². The Labute approximate surface area is 107 Å². The zero-order chi connectivity index (χ0) is 13.3. The van der Waals surface area contributed by atoms with Gasteiger partial charge in [-0.05, 0) is 17.9 Å². The first-order valence-electron chi connectivity index (χ1n) is 6.05. The average molecular weight is 245 g/mol. The largest absolute Gasteiger partial charge is 0.337 e. The Morgan fingerprint density at radius 2 is 1.89 bits per heavy atom. The fourth-order valence-corrected chi connectivity index (χ4v) is 1.67. The lowest BCUT2D eigenvalue weighted by Gasteiger charge is -2.23. The summed E-state index contributed by atoms with van der Waals surface area (Å²) in [7, 11) is 0. The number of aryl methyl sites for hydroxylation is 1. The second-order valence-electron chi connectivity index (χ2n) is 5.61. The van der Waals surface area contributed by atoms with Crippen LogP contribution in [0.3, 0.4) is 0 Å². The van der Waals surface area contributed by atoms with Crippen molar-refractivity contribution in [1.29, 1.82) is 0 Å². The Morgan fingerprint density at radius 1 is 1.22 bits per heavy atom. The van der Waals surface area contributed by atoms with Crippen LogP contribution in [0.1, 0.15) is 38.3 Å². The highest BCUT2D eigenvalue weighted by Crippen LogP contribution is 2.30. The quantitative estimate of drug-likeness (QED) is 0.883. The smallest absolute Gasteiger partial charge is 0.244 e. The first kappa shape index (κ1) is 12.8. The van der Waals surface area contributed by atoms with Crippen LogP contribution in [0, 0.1) is 12.3 Å². The molecule has 1 aromatic heterocycles. The van der Waals surface area contributed by atoms with E-state index in [9.17, 15) is 0 Å². The average Bonchev–Trinajstić information content (AvgIpc) is 2.76. The third-order valence-electron chi connectivity index (χ3n) is 3.03. The van der Waals surface area contributed by atoms with Crippen LogP contribution < -0.4 is 5.73 Å². The maximum Gasteiger partial charge on any atom is 0.244 e. The minimum atomic E-state index is -0.261. The van der Waals surface area contributed by atoms with E-state index in [2.05, 4.69) is 30.9 Å². The molecule has 0 saturated heterocycles. The Morgan fingerprint density at radius 3 is 2.50 bits per heavy atom. The van der Waals surface area contributed by atoms with Crippen LogP contribution in [0.4, 0.5) is 0 Å². The van der Waals surface area contributed by atoms with Gasteiger partial charge in [0.1, 0.15) is 0 Å². The van der Waals surface area contributed by atoms with Gasteiger partial charge in [-0.25, -0.2) is 0 Å². The highest BCUT2D eigenvalue weighted by Gasteiger charge is 2.27. The minimum absolute atomic E-state index is 0.102. The molecule has 2 N–H and O–H groups in total. The molecule has 0 aliphatic carbocycles. The van der Waals surface area contributed by atoms with Gasteiger partial charge in [-0.1, -0.05) is 50.2 Å². The maximum atomic E-state index is 6.11. The number of benzene rings is 1. The van der Waals surface area contributed by atoms with E-state index >= 15 is 0 Å². The van der Waals surface area contributed by atoms with Crippen molar-refractivity contribution >= 4 is 0 Å². The van der Waals surface area contributed by atoms with Crippen molar-refractivity contribution in [2.24, 2.45) is 11.1 Å². The number of hydrogen-bond donors (Lipinski definition) is 1. The van der Waals surface area contributed by atoms with E-state index in [4.69, 9.17) is 10.3 Å². The monoisotopic (exact) mass is 245 g/mol. The van der Waals surface area contributed by atoms with Gasteiger partial charge in [0.2, 0.25) is 11.7 Å². The van der Waals surface area contributed by atoms with Gasteiger partial charge < -0.3 is 10.3 Å². The van der Waals surface area contributed by atoms with Gasteiger partial charge in [-0.15, -0.1) is 0 Å². The van der Waals surface area contributed by atoms with Crippen LogP contribution in [0.25, 0.3) is 11.4 Å². The molecule has 0 bridgehead atoms. The van der Waals surface area contributed by atoms with Gasteiger partial charge in [0.05, 0.1) is 6.04 Å². The lowest BCUT2D eigenvalue weighted by molar-refractivity contribution is 0.253. The highest BCUT2D eigenvalue weighted by molar-refractivity contribution is 5.58. The number of hydrogen-bond acceptors (Lipinski definition) is 4. The van der Waals surface area contributed by atoms with E-state index in [1.54, 1.807) is 0 Å². The van der Waals surface area contributed by atoms with Gasteiger partial charge in [0.15, 0.2) is 0 Å². The van der Waals surface area contributed by atoms with Crippen molar-refractivity contribution in [1.82, 2.24) is 10.1 Å². The summed E-state index contributed by atoms with van der Waals surface area (Å²) < 4.78 is 5.28. The van der Waals surface area contributed by atoms with Crippen LogP contribution in [0.2, 0.25) is 0 Å². The van der Waals surface area contributed by atoms with Crippen LogP contribution in [0.15, 0.2) is 28.8 Å². The van der Waals surface area contributed by atoms with Gasteiger partial charge in [0, 0.05) is 5.56 Å². The maximum absolute atomic E-state index is 6.11. The Hall–Kier alpha value is -1.68. The van der Waals surface area contributed by atoms with E-state index in [1.165, 1.54) is 0 Å². The molecule has 1 atom stereocenters. The zero-order valence-electron chi connectivity index (χ0n) is 11.3. The number of rotatable bonds is 2. The first-order chi connectivity index (χ1) is 8.39. The second kappa shape index (κ2) is 4.53. The molecule has 2 rings (SSSR count). The summed E-state index contributed by atoms with van der Waals surface area (Å²) in [5.41, 5.74) is 8.10. The molecule has 18 heavy (non-hydrogen) atoms. The van der Waals surface area contributed by atoms with Gasteiger partial charge in [0.25, 0.3) is 0 Å². The number of nitrogens with zero attached hydrogens (tertiary/aromatic N) is 2. The van der Waals surface area contributed by atoms with Gasteiger partial charge in [-0.3, -0.25) is 0 Å². The standard InChI is InChI=1S/C14H19N3O/c1-9-7-5-6-8-10(9)12-16-13(18-17-12)11(15)14(2,3)4/h5-8,11H,15H2,1-4H3. The van der Waals surface area contributed by atoms with Crippen molar-refractivity contribution in [3.05, 3.63) is 35.7 Å². The van der Waals surface area contributed by atoms with Crippen molar-refractivity contribution < 1.29 is 4.52 Å². The van der Waals surface area contributed by atoms with Crippen LogP contribution in [-0.2, 0) is 0 Å². The molecule has 4 nitrogen and oxygen atoms in total. The molecule has 0 aliphatic heterocycles. The summed E-state index contributed by atoms with van der Waals surface area (Å²) in [4.78, 5) is 4.40. The molecule has 1 heterocycles. The molecular formula is C14H19N3O. The summed E-state index contributed by atoms with van der Waals surface area (Å²) in [6.45, 7) is 8.18. The molecule has 0 radical (unpaired) electrons. The molecule has 0 aliphatic rings. The second-order valence-corrected chi connectivity index (χ2v) is 5.61. The topological polar surface area (TPSA) is 64.9 Å². The van der Waals surface area contributed by atoms with E-state index < -0.39 is 0 Å². The number of nitrogens with two attached hydrogens (primary N) is 1. The van der Waals surface area contributed by atoms with Crippen molar-refractivity contribution in [3.8, 4) is 11.4 Å². The summed E-state index contributed by atoms with van der Waals surface area (Å²) >= 11 is 0. The van der Waals surface area contributed by atoms with Crippen LogP contribution >= 0.6 is 0 Å². The lowest BCUT2D eigenvalue weighted by atomic mass is 9.87. The molecule has 0 saturated carbocycles. The predicted molar refractivity (Wildman–Crippen MR) is 70.9 cm³/mol. The zero-order valence-corrected chi connectivity index (χ0v) is 11.3. The normalized spacial score (nSPS) is 13.6. The number of aromatic nitrogens is 2. The molecule has 0 spiro atoms. The lowest BCUT2D eigenvalue weighted by Crippen LogP contribution is -2.26. The minimum Gasteiger partial charge on any atom is -0.337 e. The van der Waals surface area contributed by atoms with Crippen LogP contribution in [0.5, 0.6) is 0 Å². The van der Waals surface area contributed by atoms with E-state index in [1.807, 2.05) is 31.2 Å². The van der Waals surface area contributed by atoms with Crippen molar-refractivity contribution in [2.45, 2.75) is 33.7 Å². The molecule has 96 valence electrons. The fraction of sp³-hybridized carbons (Fsp3) is 0.429. The molecule has 0 amide bonds. The van der Waals surface area contributed by atoms with Crippen molar-refractivity contribution in [3.63, 3.8) is 0 Å². The molecule has 1 aromatic carbocycles. The molecule has 4 heteroatoms. The molecule has 1 unspecified atom stereocenters. The predicted octanol–water partition coefficient (Wildman–Crippen LogP) is 3.09. The Kier molecular flexibility index (Phi) is 3.22. The van der Waals surface area contributed by atoms with Gasteiger partial charge >= 0.3 is 0 Å². The van der Waals surface area contributed by atoms with E-state index in [-0.39, 0.29) is 11.5 Å². The highest BCUT2D eigenvalue weighted by atomic mass is 16.5. The van der Waals surface area contributed by atoms with Crippen molar-refractivity contribution in [2.75, 3.05) is 0 Å². The summed E-state index contributed by atoms with van der Waals surface area (Å²) in [5.74, 6) is 1.09. The molecule has 0 fully saturated rings. The third-order valence-corrected chi connectivity index (χ3v) is 3.03. The van der Waals surface area contributed by atoms with E-state index in [0.29, 0.717) is 11.7 Å². The fourth-order valence-electron chi connectivity index (χ4n) is 1.67. The summed E-state index contributed by atoms with van der Waals surface area (Å²) in [6.07, 6.45) is 0. The molecular weight excluding hydrogens is 226 g/mol. The first-order valence-corrected chi connectivity index (χ1v) is 6.05. The van der Waals surface area contributed by atoms with Gasteiger partial charge in [-0.2, -0.15) is 4.98 Å². The van der Waals surface area contributed by atoms with E-state index in [0.717, 1.165) is 11.1 Å².